The Morgan fingerprint density at radius 2 is 1.67 bits per heavy atom. The monoisotopic (exact) mass is 447 g/mol. The summed E-state index contributed by atoms with van der Waals surface area (Å²) in [7, 11) is -3.35. The lowest BCUT2D eigenvalue weighted by Gasteiger charge is -2.43. The lowest BCUT2D eigenvalue weighted by Crippen LogP contribution is -2.55. The predicted molar refractivity (Wildman–Crippen MR) is 105 cm³/mol. The van der Waals surface area contributed by atoms with Gasteiger partial charge in [0.05, 0.1) is 11.8 Å². The van der Waals surface area contributed by atoms with Crippen LogP contribution in [-0.4, -0.2) is 54.6 Å². The molecule has 0 amide bonds. The van der Waals surface area contributed by atoms with Crippen LogP contribution >= 0.6 is 0 Å². The number of nitrogens with two attached hydrogens (primary N) is 1. The van der Waals surface area contributed by atoms with E-state index in [-0.39, 0.29) is 41.8 Å². The number of benzene rings is 1. The number of rotatable bonds is 8. The Bertz CT molecular complexity index is 883. The summed E-state index contributed by atoms with van der Waals surface area (Å²) in [6.07, 6.45) is 3.66. The van der Waals surface area contributed by atoms with Crippen molar-refractivity contribution in [3.63, 3.8) is 0 Å². The molecule has 1 aromatic rings. The van der Waals surface area contributed by atoms with Crippen LogP contribution < -0.4 is 10.5 Å². The molecular formula is C20H28F3N3O3S. The van der Waals surface area contributed by atoms with Crippen LogP contribution in [0.2, 0.25) is 0 Å². The molecule has 4 rings (SSSR count). The number of fused-ring (bicyclic) bond motifs is 2. The third kappa shape index (κ3) is 4.52. The molecule has 0 spiro atoms. The van der Waals surface area contributed by atoms with Crippen LogP contribution in [-0.2, 0) is 16.4 Å². The van der Waals surface area contributed by atoms with Gasteiger partial charge in [0.1, 0.15) is 12.0 Å². The molecule has 1 aliphatic carbocycles. The van der Waals surface area contributed by atoms with Gasteiger partial charge in [-0.15, -0.1) is 0 Å². The zero-order chi connectivity index (χ0) is 21.6. The Morgan fingerprint density at radius 1 is 1.07 bits per heavy atom. The summed E-state index contributed by atoms with van der Waals surface area (Å²) in [5.41, 5.74) is 6.37. The SMILES string of the molecule is NC(Cc1cc(F)c(F)cc1F)C1CC2CCC(C1)N2C(O)CNS(=O)(=O)C1CC1. The number of aliphatic hydroxyl groups excluding tert-OH is 1. The molecule has 0 radical (unpaired) electrons. The number of hydrogen-bond acceptors (Lipinski definition) is 5. The number of halogens is 3. The lowest BCUT2D eigenvalue weighted by atomic mass is 9.82. The van der Waals surface area contributed by atoms with Crippen molar-refractivity contribution in [3.05, 3.63) is 35.1 Å². The Kier molecular flexibility index (Phi) is 6.15. The van der Waals surface area contributed by atoms with Crippen molar-refractivity contribution < 1.29 is 26.7 Å². The maximum absolute atomic E-state index is 14.0. The van der Waals surface area contributed by atoms with E-state index in [4.69, 9.17) is 5.73 Å². The van der Waals surface area contributed by atoms with Crippen molar-refractivity contribution in [1.29, 1.82) is 0 Å². The molecule has 3 aliphatic rings. The first kappa shape index (κ1) is 22.0. The van der Waals surface area contributed by atoms with E-state index in [2.05, 4.69) is 4.72 Å². The Balaban J connectivity index is 1.35. The van der Waals surface area contributed by atoms with Crippen LogP contribution in [0.25, 0.3) is 0 Å². The summed E-state index contributed by atoms with van der Waals surface area (Å²) in [5, 5.41) is 10.3. The molecule has 168 valence electrons. The first-order valence-corrected chi connectivity index (χ1v) is 12.0. The zero-order valence-electron chi connectivity index (χ0n) is 16.6. The van der Waals surface area contributed by atoms with Crippen molar-refractivity contribution in [1.82, 2.24) is 9.62 Å². The van der Waals surface area contributed by atoms with E-state index in [0.29, 0.717) is 31.7 Å². The van der Waals surface area contributed by atoms with Crippen LogP contribution in [0.1, 0.15) is 44.1 Å². The van der Waals surface area contributed by atoms with E-state index in [9.17, 15) is 26.7 Å². The molecule has 2 saturated heterocycles. The molecule has 6 nitrogen and oxygen atoms in total. The molecule has 1 aromatic carbocycles. The fourth-order valence-electron chi connectivity index (χ4n) is 5.02. The van der Waals surface area contributed by atoms with Crippen molar-refractivity contribution >= 4 is 10.0 Å². The van der Waals surface area contributed by atoms with E-state index in [1.54, 1.807) is 0 Å². The van der Waals surface area contributed by atoms with Crippen LogP contribution in [0.15, 0.2) is 12.1 Å². The normalized spacial score (nSPS) is 29.2. The minimum absolute atomic E-state index is 0.0391. The van der Waals surface area contributed by atoms with Gasteiger partial charge in [0.15, 0.2) is 11.6 Å². The highest BCUT2D eigenvalue weighted by atomic mass is 32.2. The quantitative estimate of drug-likeness (QED) is 0.527. The molecule has 4 atom stereocenters. The van der Waals surface area contributed by atoms with E-state index in [1.807, 2.05) is 4.90 Å². The summed E-state index contributed by atoms with van der Waals surface area (Å²) in [6, 6.07) is 1.12. The largest absolute Gasteiger partial charge is 0.377 e. The van der Waals surface area contributed by atoms with E-state index < -0.39 is 39.7 Å². The van der Waals surface area contributed by atoms with Gasteiger partial charge in [-0.3, -0.25) is 4.90 Å². The number of nitrogens with zero attached hydrogens (tertiary/aromatic N) is 1. The molecule has 2 aliphatic heterocycles. The highest BCUT2D eigenvalue weighted by molar-refractivity contribution is 7.90. The van der Waals surface area contributed by atoms with Gasteiger partial charge in [-0.2, -0.15) is 0 Å². The molecule has 4 unspecified atom stereocenters. The molecule has 3 fully saturated rings. The first-order chi connectivity index (χ1) is 14.2. The maximum Gasteiger partial charge on any atom is 0.214 e. The average Bonchev–Trinajstić information content (AvgIpc) is 3.50. The third-order valence-electron chi connectivity index (χ3n) is 6.75. The van der Waals surface area contributed by atoms with E-state index in [0.717, 1.165) is 18.9 Å². The third-order valence-corrected chi connectivity index (χ3v) is 8.67. The molecular weight excluding hydrogens is 419 g/mol. The van der Waals surface area contributed by atoms with E-state index in [1.165, 1.54) is 0 Å². The Hall–Kier alpha value is -1.20. The topological polar surface area (TPSA) is 95.7 Å². The van der Waals surface area contributed by atoms with Gasteiger partial charge in [0, 0.05) is 24.2 Å². The van der Waals surface area contributed by atoms with Gasteiger partial charge >= 0.3 is 0 Å². The number of piperidine rings is 1. The molecule has 10 heteroatoms. The van der Waals surface area contributed by atoms with Crippen molar-refractivity contribution in [3.8, 4) is 0 Å². The summed E-state index contributed by atoms with van der Waals surface area (Å²) in [5.74, 6) is -3.06. The Labute approximate surface area is 174 Å². The average molecular weight is 448 g/mol. The summed E-state index contributed by atoms with van der Waals surface area (Å²) < 4.78 is 67.1. The molecule has 30 heavy (non-hydrogen) atoms. The highest BCUT2D eigenvalue weighted by Crippen LogP contribution is 2.41. The number of hydrogen-bond donors (Lipinski definition) is 3. The summed E-state index contributed by atoms with van der Waals surface area (Å²) in [4.78, 5) is 1.97. The second-order valence-corrected chi connectivity index (χ2v) is 10.9. The first-order valence-electron chi connectivity index (χ1n) is 10.5. The maximum atomic E-state index is 14.0. The predicted octanol–water partition coefficient (Wildman–Crippen LogP) is 1.62. The van der Waals surface area contributed by atoms with E-state index >= 15 is 0 Å². The second kappa shape index (κ2) is 8.38. The molecule has 2 bridgehead atoms. The van der Waals surface area contributed by atoms with Crippen molar-refractivity contribution in [2.24, 2.45) is 11.7 Å². The molecule has 2 heterocycles. The van der Waals surface area contributed by atoms with Gasteiger partial charge in [-0.1, -0.05) is 0 Å². The molecule has 0 aromatic heterocycles. The van der Waals surface area contributed by atoms with Gasteiger partial charge in [-0.05, 0) is 62.5 Å². The van der Waals surface area contributed by atoms with Crippen LogP contribution in [0.3, 0.4) is 0 Å². The van der Waals surface area contributed by atoms with Crippen LogP contribution in [0.5, 0.6) is 0 Å². The zero-order valence-corrected chi connectivity index (χ0v) is 17.4. The Morgan fingerprint density at radius 3 is 2.27 bits per heavy atom. The minimum atomic E-state index is -3.35. The van der Waals surface area contributed by atoms with Crippen molar-refractivity contribution in [2.45, 2.75) is 74.5 Å². The molecule has 4 N–H and O–H groups in total. The number of nitrogens with one attached hydrogen (secondary N) is 1. The number of aliphatic hydroxyl groups is 1. The van der Waals surface area contributed by atoms with Gasteiger partial charge in [0.2, 0.25) is 10.0 Å². The fourth-order valence-corrected chi connectivity index (χ4v) is 6.40. The van der Waals surface area contributed by atoms with Gasteiger partial charge in [0.25, 0.3) is 0 Å². The summed E-state index contributed by atoms with van der Waals surface area (Å²) >= 11 is 0. The van der Waals surface area contributed by atoms with Crippen molar-refractivity contribution in [2.75, 3.05) is 6.54 Å². The highest BCUT2D eigenvalue weighted by Gasteiger charge is 2.45. The number of sulfonamides is 1. The fraction of sp³-hybridized carbons (Fsp3) is 0.700. The standard InChI is InChI=1S/C20H28F3N3O3S/c21-16-9-18(23)17(22)7-11(16)8-19(24)12-5-13-1-2-14(6-12)26(13)20(27)10-25-30(28,29)15-3-4-15/h7,9,12-15,19-20,25,27H,1-6,8,10,24H2. The minimum Gasteiger partial charge on any atom is -0.377 e. The smallest absolute Gasteiger partial charge is 0.214 e. The van der Waals surface area contributed by atoms with Crippen LogP contribution in [0, 0.1) is 23.4 Å². The molecule has 1 saturated carbocycles. The second-order valence-electron chi connectivity index (χ2n) is 8.86. The van der Waals surface area contributed by atoms with Crippen LogP contribution in [0.4, 0.5) is 13.2 Å². The summed E-state index contributed by atoms with van der Waals surface area (Å²) in [6.45, 7) is -0.0391. The van der Waals surface area contributed by atoms with Gasteiger partial charge < -0.3 is 10.8 Å². The van der Waals surface area contributed by atoms with Gasteiger partial charge in [-0.25, -0.2) is 26.3 Å². The lowest BCUT2D eigenvalue weighted by molar-refractivity contribution is -0.0552.